The minimum absolute atomic E-state index is 0.0544. The van der Waals surface area contributed by atoms with Crippen molar-refractivity contribution in [2.45, 2.75) is 27.2 Å². The van der Waals surface area contributed by atoms with Crippen LogP contribution in [0, 0.1) is 17.2 Å². The van der Waals surface area contributed by atoms with E-state index in [1.807, 2.05) is 12.1 Å². The average molecular weight is 308 g/mol. The lowest BCUT2D eigenvalue weighted by Gasteiger charge is -2.31. The number of hydrogen-bond donors (Lipinski definition) is 0. The summed E-state index contributed by atoms with van der Waals surface area (Å²) in [6.45, 7) is 6.50. The molecule has 1 unspecified atom stereocenters. The summed E-state index contributed by atoms with van der Waals surface area (Å²) in [6.07, 6.45) is 0.868. The molecule has 0 saturated carbocycles. The van der Waals surface area contributed by atoms with E-state index in [0.717, 1.165) is 12.0 Å². The molecule has 1 aromatic rings. The van der Waals surface area contributed by atoms with Crippen LogP contribution in [0.5, 0.6) is 0 Å². The maximum Gasteiger partial charge on any atom is 0.137 e. The second-order valence-corrected chi connectivity index (χ2v) is 5.99. The molecule has 0 bridgehead atoms. The van der Waals surface area contributed by atoms with E-state index in [1.54, 1.807) is 0 Å². The first-order valence-electron chi connectivity index (χ1n) is 5.39. The Kier molecular flexibility index (Phi) is 4.81. The van der Waals surface area contributed by atoms with Crippen LogP contribution < -0.4 is 0 Å². The fourth-order valence-corrected chi connectivity index (χ4v) is 2.35. The summed E-state index contributed by atoms with van der Waals surface area (Å²) >= 11 is 9.24. The Morgan fingerprint density at radius 2 is 2.06 bits per heavy atom. The minimum atomic E-state index is -0.221. The quantitative estimate of drug-likeness (QED) is 0.684. The van der Waals surface area contributed by atoms with Crippen molar-refractivity contribution in [3.05, 3.63) is 34.1 Å². The highest BCUT2D eigenvalue weighted by Crippen LogP contribution is 2.33. The van der Waals surface area contributed by atoms with Gasteiger partial charge in [-0.25, -0.2) is 4.39 Å². The maximum absolute atomic E-state index is 13.1. The van der Waals surface area contributed by atoms with Crippen molar-refractivity contribution in [3.63, 3.8) is 0 Å². The third kappa shape index (κ3) is 3.21. The van der Waals surface area contributed by atoms with Crippen molar-refractivity contribution in [2.75, 3.05) is 5.88 Å². The molecule has 0 nitrogen and oxygen atoms in total. The molecule has 0 N–H and O–H groups in total. The number of rotatable bonds is 4. The average Bonchev–Trinajstić information content (AvgIpc) is 2.23. The van der Waals surface area contributed by atoms with Crippen LogP contribution in [0.4, 0.5) is 4.39 Å². The van der Waals surface area contributed by atoms with E-state index < -0.39 is 0 Å². The van der Waals surface area contributed by atoms with Crippen LogP contribution in [0.1, 0.15) is 26.3 Å². The van der Waals surface area contributed by atoms with Crippen molar-refractivity contribution in [1.82, 2.24) is 0 Å². The Hall–Kier alpha value is -0.0800. The van der Waals surface area contributed by atoms with Gasteiger partial charge in [0.25, 0.3) is 0 Å². The van der Waals surface area contributed by atoms with Gasteiger partial charge in [0.05, 0.1) is 4.47 Å². The van der Waals surface area contributed by atoms with E-state index in [1.165, 1.54) is 6.07 Å². The molecule has 0 spiro atoms. The Bertz CT molecular complexity index is 365. The van der Waals surface area contributed by atoms with Gasteiger partial charge in [0.15, 0.2) is 0 Å². The van der Waals surface area contributed by atoms with Crippen molar-refractivity contribution >= 4 is 27.5 Å². The first-order valence-corrected chi connectivity index (χ1v) is 6.71. The molecule has 0 aromatic heterocycles. The second kappa shape index (κ2) is 5.50. The first kappa shape index (κ1) is 14.0. The Morgan fingerprint density at radius 3 is 2.50 bits per heavy atom. The van der Waals surface area contributed by atoms with Crippen LogP contribution in [0.25, 0.3) is 0 Å². The molecule has 1 atom stereocenters. The molecule has 1 aromatic carbocycles. The zero-order valence-corrected chi connectivity index (χ0v) is 12.2. The lowest BCUT2D eigenvalue weighted by atomic mass is 9.76. The van der Waals surface area contributed by atoms with Gasteiger partial charge < -0.3 is 0 Å². The molecule has 90 valence electrons. The van der Waals surface area contributed by atoms with Crippen LogP contribution in [0.3, 0.4) is 0 Å². The normalized spacial score (nSPS) is 15.2. The van der Waals surface area contributed by atoms with E-state index in [4.69, 9.17) is 11.6 Å². The summed E-state index contributed by atoms with van der Waals surface area (Å²) in [7, 11) is 0. The third-order valence-corrected chi connectivity index (χ3v) is 4.51. The zero-order valence-electron chi connectivity index (χ0n) is 9.86. The summed E-state index contributed by atoms with van der Waals surface area (Å²) in [6, 6.07) is 5.16. The Labute approximate surface area is 110 Å². The molecule has 0 radical (unpaired) electrons. The van der Waals surface area contributed by atoms with Crippen molar-refractivity contribution in [1.29, 1.82) is 0 Å². The topological polar surface area (TPSA) is 0 Å². The smallest absolute Gasteiger partial charge is 0.137 e. The Balaban J connectivity index is 2.90. The molecule has 0 aliphatic rings. The molecule has 16 heavy (non-hydrogen) atoms. The molecule has 1 rings (SSSR count). The van der Waals surface area contributed by atoms with Gasteiger partial charge in [0.1, 0.15) is 5.82 Å². The predicted molar refractivity (Wildman–Crippen MR) is 71.5 cm³/mol. The van der Waals surface area contributed by atoms with Crippen LogP contribution in [-0.4, -0.2) is 5.88 Å². The number of hydrogen-bond acceptors (Lipinski definition) is 0. The SMILES string of the molecule is CC(C)C(C)(CCl)Cc1ccc(F)c(Br)c1. The summed E-state index contributed by atoms with van der Waals surface area (Å²) in [5.41, 5.74) is 1.17. The highest BCUT2D eigenvalue weighted by molar-refractivity contribution is 9.10. The fourth-order valence-electron chi connectivity index (χ4n) is 1.52. The molecule has 0 aliphatic heterocycles. The van der Waals surface area contributed by atoms with Gasteiger partial charge in [-0.15, -0.1) is 11.6 Å². The van der Waals surface area contributed by atoms with Crippen molar-refractivity contribution < 1.29 is 4.39 Å². The van der Waals surface area contributed by atoms with Crippen LogP contribution in [-0.2, 0) is 6.42 Å². The molecular weight excluding hydrogens is 290 g/mol. The van der Waals surface area contributed by atoms with E-state index in [0.29, 0.717) is 16.3 Å². The predicted octanol–water partition coefficient (Wildman–Crippen LogP) is 5.03. The molecular formula is C13H17BrClF. The monoisotopic (exact) mass is 306 g/mol. The molecule has 0 fully saturated rings. The first-order chi connectivity index (χ1) is 7.39. The van der Waals surface area contributed by atoms with Crippen LogP contribution >= 0.6 is 27.5 Å². The van der Waals surface area contributed by atoms with Crippen LogP contribution in [0.2, 0.25) is 0 Å². The van der Waals surface area contributed by atoms with E-state index in [9.17, 15) is 4.39 Å². The zero-order chi connectivity index (χ0) is 12.3. The number of benzene rings is 1. The summed E-state index contributed by atoms with van der Waals surface area (Å²) < 4.78 is 13.6. The number of halogens is 3. The minimum Gasteiger partial charge on any atom is -0.206 e. The second-order valence-electron chi connectivity index (χ2n) is 4.87. The van der Waals surface area contributed by atoms with Gasteiger partial charge in [-0.3, -0.25) is 0 Å². The molecule has 0 saturated heterocycles. The summed E-state index contributed by atoms with van der Waals surface area (Å²) in [5.74, 6) is 0.884. The van der Waals surface area contributed by atoms with Gasteiger partial charge >= 0.3 is 0 Å². The standard InChI is InChI=1S/C13H17BrClF/c1-9(2)13(3,8-15)7-10-4-5-12(16)11(14)6-10/h4-6,9H,7-8H2,1-3H3. The highest BCUT2D eigenvalue weighted by Gasteiger charge is 2.27. The van der Waals surface area contributed by atoms with E-state index >= 15 is 0 Å². The summed E-state index contributed by atoms with van der Waals surface area (Å²) in [4.78, 5) is 0. The van der Waals surface area contributed by atoms with Gasteiger partial charge in [-0.1, -0.05) is 26.8 Å². The van der Waals surface area contributed by atoms with E-state index in [-0.39, 0.29) is 11.2 Å². The third-order valence-electron chi connectivity index (χ3n) is 3.29. The Morgan fingerprint density at radius 1 is 1.44 bits per heavy atom. The van der Waals surface area contributed by atoms with Crippen molar-refractivity contribution in [2.24, 2.45) is 11.3 Å². The lowest BCUT2D eigenvalue weighted by molar-refractivity contribution is 0.253. The maximum atomic E-state index is 13.1. The lowest BCUT2D eigenvalue weighted by Crippen LogP contribution is -2.28. The molecule has 0 heterocycles. The molecule has 3 heteroatoms. The molecule has 0 aliphatic carbocycles. The van der Waals surface area contributed by atoms with E-state index in [2.05, 4.69) is 36.7 Å². The molecule has 0 amide bonds. The fraction of sp³-hybridized carbons (Fsp3) is 0.538. The van der Waals surface area contributed by atoms with Crippen molar-refractivity contribution in [3.8, 4) is 0 Å². The summed E-state index contributed by atoms with van der Waals surface area (Å²) in [5, 5.41) is 0. The van der Waals surface area contributed by atoms with Gasteiger partial charge in [0, 0.05) is 5.88 Å². The highest BCUT2D eigenvalue weighted by atomic mass is 79.9. The van der Waals surface area contributed by atoms with Crippen LogP contribution in [0.15, 0.2) is 22.7 Å². The van der Waals surface area contributed by atoms with Gasteiger partial charge in [-0.05, 0) is 51.4 Å². The van der Waals surface area contributed by atoms with Gasteiger partial charge in [0.2, 0.25) is 0 Å². The van der Waals surface area contributed by atoms with Gasteiger partial charge in [-0.2, -0.15) is 0 Å². The number of alkyl halides is 1. The largest absolute Gasteiger partial charge is 0.206 e.